The minimum Gasteiger partial charge on any atom is -0.330 e. The molecule has 3 N–H and O–H groups in total. The number of hydrogen-bond donors (Lipinski definition) is 2. The number of rotatable bonds is 6. The molecule has 0 saturated heterocycles. The maximum atomic E-state index is 11.9. The van der Waals surface area contributed by atoms with Crippen LogP contribution in [-0.2, 0) is 0 Å². The van der Waals surface area contributed by atoms with E-state index in [1.54, 1.807) is 0 Å². The predicted octanol–water partition coefficient (Wildman–Crippen LogP) is 2.27. The molecule has 1 aromatic rings. The van der Waals surface area contributed by atoms with Crippen LogP contribution in [0.1, 0.15) is 17.9 Å². The fraction of sp³-hybridized carbons (Fsp3) is 0.500. The van der Waals surface area contributed by atoms with E-state index in [4.69, 9.17) is 5.73 Å². The van der Waals surface area contributed by atoms with Gasteiger partial charge in [-0.3, -0.25) is 0 Å². The molecule has 0 aliphatic rings. The van der Waals surface area contributed by atoms with Gasteiger partial charge in [0.15, 0.2) is 0 Å². The summed E-state index contributed by atoms with van der Waals surface area (Å²) >= 11 is 0. The van der Waals surface area contributed by atoms with E-state index in [2.05, 4.69) is 5.32 Å². The van der Waals surface area contributed by atoms with Gasteiger partial charge in [-0.25, -0.2) is 0 Å². The van der Waals surface area contributed by atoms with Crippen LogP contribution in [0, 0.1) is 0 Å². The van der Waals surface area contributed by atoms with Gasteiger partial charge in [-0.1, -0.05) is 30.3 Å². The number of alkyl halides is 3. The van der Waals surface area contributed by atoms with Gasteiger partial charge < -0.3 is 11.1 Å². The summed E-state index contributed by atoms with van der Waals surface area (Å²) in [6, 6.07) is 9.56. The Morgan fingerprint density at radius 1 is 1.18 bits per heavy atom. The van der Waals surface area contributed by atoms with E-state index >= 15 is 0 Å². The Kier molecular flexibility index (Phi) is 5.44. The van der Waals surface area contributed by atoms with Gasteiger partial charge in [0.1, 0.15) is 0 Å². The highest BCUT2D eigenvalue weighted by Gasteiger charge is 2.26. The molecule has 0 heterocycles. The van der Waals surface area contributed by atoms with Crippen LogP contribution in [0.15, 0.2) is 30.3 Å². The molecule has 0 bridgehead atoms. The van der Waals surface area contributed by atoms with Gasteiger partial charge in [-0.05, 0) is 5.56 Å². The van der Waals surface area contributed by atoms with Gasteiger partial charge in [0.05, 0.1) is 6.42 Å². The minimum absolute atomic E-state index is 0.0597. The highest BCUT2D eigenvalue weighted by molar-refractivity contribution is 5.20. The Labute approximate surface area is 99.0 Å². The lowest BCUT2D eigenvalue weighted by atomic mass is 9.99. The van der Waals surface area contributed by atoms with E-state index < -0.39 is 12.6 Å². The summed E-state index contributed by atoms with van der Waals surface area (Å²) in [5.41, 5.74) is 6.66. The molecule has 17 heavy (non-hydrogen) atoms. The topological polar surface area (TPSA) is 38.0 Å². The van der Waals surface area contributed by atoms with E-state index in [-0.39, 0.29) is 12.5 Å². The summed E-state index contributed by atoms with van der Waals surface area (Å²) in [5, 5.41) is 2.79. The Morgan fingerprint density at radius 3 is 2.35 bits per heavy atom. The Hall–Kier alpha value is -1.07. The number of benzene rings is 1. The number of nitrogens with two attached hydrogens (primary N) is 1. The lowest BCUT2D eigenvalue weighted by molar-refractivity contribution is -0.133. The Balaban J connectivity index is 2.34. The van der Waals surface area contributed by atoms with Crippen molar-refractivity contribution in [2.75, 3.05) is 19.6 Å². The van der Waals surface area contributed by atoms with Crippen LogP contribution in [0.2, 0.25) is 0 Å². The van der Waals surface area contributed by atoms with Gasteiger partial charge in [0, 0.05) is 25.6 Å². The summed E-state index contributed by atoms with van der Waals surface area (Å²) < 4.78 is 35.8. The third kappa shape index (κ3) is 5.70. The van der Waals surface area contributed by atoms with Crippen molar-refractivity contribution in [3.8, 4) is 0 Å². The van der Waals surface area contributed by atoms with Crippen molar-refractivity contribution in [2.24, 2.45) is 5.73 Å². The third-order valence-electron chi connectivity index (χ3n) is 2.53. The predicted molar refractivity (Wildman–Crippen MR) is 61.8 cm³/mol. The SMILES string of the molecule is NCC(CNCCC(F)(F)F)c1ccccc1. The first-order valence-corrected chi connectivity index (χ1v) is 5.55. The molecule has 1 rings (SSSR count). The second-order valence-corrected chi connectivity index (χ2v) is 3.91. The molecule has 0 aliphatic carbocycles. The summed E-state index contributed by atoms with van der Waals surface area (Å²) in [5.74, 6) is 0.0597. The van der Waals surface area contributed by atoms with E-state index in [1.165, 1.54) is 0 Å². The molecule has 0 radical (unpaired) electrons. The first-order chi connectivity index (χ1) is 8.03. The number of hydrogen-bond acceptors (Lipinski definition) is 2. The quantitative estimate of drug-likeness (QED) is 0.756. The zero-order valence-electron chi connectivity index (χ0n) is 9.50. The number of halogens is 3. The third-order valence-corrected chi connectivity index (χ3v) is 2.53. The van der Waals surface area contributed by atoms with E-state index in [1.807, 2.05) is 30.3 Å². The molecule has 0 aromatic heterocycles. The molecule has 0 aliphatic heterocycles. The summed E-state index contributed by atoms with van der Waals surface area (Å²) in [7, 11) is 0. The molecule has 0 amide bonds. The van der Waals surface area contributed by atoms with Crippen LogP contribution in [0.4, 0.5) is 13.2 Å². The average Bonchev–Trinajstić information content (AvgIpc) is 2.29. The molecule has 1 atom stereocenters. The summed E-state index contributed by atoms with van der Waals surface area (Å²) in [6.07, 6.45) is -4.91. The van der Waals surface area contributed by atoms with Crippen molar-refractivity contribution >= 4 is 0 Å². The van der Waals surface area contributed by atoms with Crippen molar-refractivity contribution in [3.05, 3.63) is 35.9 Å². The van der Waals surface area contributed by atoms with Gasteiger partial charge in [-0.2, -0.15) is 13.2 Å². The van der Waals surface area contributed by atoms with Gasteiger partial charge >= 0.3 is 6.18 Å². The van der Waals surface area contributed by atoms with Gasteiger partial charge in [-0.15, -0.1) is 0 Å². The second kappa shape index (κ2) is 6.61. The van der Waals surface area contributed by atoms with Crippen molar-refractivity contribution in [2.45, 2.75) is 18.5 Å². The highest BCUT2D eigenvalue weighted by Crippen LogP contribution is 2.18. The summed E-state index contributed by atoms with van der Waals surface area (Å²) in [4.78, 5) is 0. The van der Waals surface area contributed by atoms with Crippen LogP contribution < -0.4 is 11.1 Å². The molecule has 96 valence electrons. The first-order valence-electron chi connectivity index (χ1n) is 5.55. The van der Waals surface area contributed by atoms with Crippen molar-refractivity contribution in [3.63, 3.8) is 0 Å². The molecule has 0 spiro atoms. The standard InChI is InChI=1S/C12H17F3N2/c13-12(14,15)6-7-17-9-11(8-16)10-4-2-1-3-5-10/h1-5,11,17H,6-9,16H2. The fourth-order valence-corrected chi connectivity index (χ4v) is 1.57. The van der Waals surface area contributed by atoms with E-state index in [0.717, 1.165) is 5.56 Å². The lowest BCUT2D eigenvalue weighted by Gasteiger charge is -2.16. The van der Waals surface area contributed by atoms with Crippen LogP contribution in [-0.4, -0.2) is 25.8 Å². The molecular weight excluding hydrogens is 229 g/mol. The van der Waals surface area contributed by atoms with E-state index in [9.17, 15) is 13.2 Å². The summed E-state index contributed by atoms with van der Waals surface area (Å²) in [6.45, 7) is 0.826. The second-order valence-electron chi connectivity index (χ2n) is 3.91. The largest absolute Gasteiger partial charge is 0.390 e. The zero-order chi connectivity index (χ0) is 12.7. The molecule has 0 saturated carbocycles. The fourth-order valence-electron chi connectivity index (χ4n) is 1.57. The maximum absolute atomic E-state index is 11.9. The molecule has 0 fully saturated rings. The monoisotopic (exact) mass is 246 g/mol. The lowest BCUT2D eigenvalue weighted by Crippen LogP contribution is -2.29. The van der Waals surface area contributed by atoms with Crippen LogP contribution in [0.25, 0.3) is 0 Å². The highest BCUT2D eigenvalue weighted by atomic mass is 19.4. The first kappa shape index (κ1) is 14.0. The average molecular weight is 246 g/mol. The number of nitrogens with one attached hydrogen (secondary N) is 1. The van der Waals surface area contributed by atoms with Gasteiger partial charge in [0.25, 0.3) is 0 Å². The van der Waals surface area contributed by atoms with Crippen molar-refractivity contribution in [1.29, 1.82) is 0 Å². The Morgan fingerprint density at radius 2 is 1.82 bits per heavy atom. The van der Waals surface area contributed by atoms with Crippen LogP contribution >= 0.6 is 0 Å². The van der Waals surface area contributed by atoms with Crippen molar-refractivity contribution in [1.82, 2.24) is 5.32 Å². The zero-order valence-corrected chi connectivity index (χ0v) is 9.50. The normalized spacial score (nSPS) is 13.6. The molecule has 1 unspecified atom stereocenters. The molecule has 2 nitrogen and oxygen atoms in total. The van der Waals surface area contributed by atoms with Crippen LogP contribution in [0.5, 0.6) is 0 Å². The molecule has 5 heteroatoms. The smallest absolute Gasteiger partial charge is 0.330 e. The Bertz CT molecular complexity index is 311. The molecule has 1 aromatic carbocycles. The maximum Gasteiger partial charge on any atom is 0.390 e. The van der Waals surface area contributed by atoms with Crippen LogP contribution in [0.3, 0.4) is 0 Å². The van der Waals surface area contributed by atoms with E-state index in [0.29, 0.717) is 13.1 Å². The molecular formula is C12H17F3N2. The minimum atomic E-state index is -4.10. The van der Waals surface area contributed by atoms with Crippen molar-refractivity contribution < 1.29 is 13.2 Å². The van der Waals surface area contributed by atoms with Gasteiger partial charge in [0.2, 0.25) is 0 Å².